The predicted molar refractivity (Wildman–Crippen MR) is 152 cm³/mol. The zero-order valence-electron chi connectivity index (χ0n) is 22.3. The summed E-state index contributed by atoms with van der Waals surface area (Å²) in [7, 11) is 1.58. The van der Waals surface area contributed by atoms with E-state index >= 15 is 0 Å². The van der Waals surface area contributed by atoms with Crippen molar-refractivity contribution in [1.82, 2.24) is 15.1 Å². The molecule has 202 valence electrons. The largest absolute Gasteiger partial charge is 0.497 e. The van der Waals surface area contributed by atoms with Crippen molar-refractivity contribution in [2.45, 2.75) is 20.4 Å². The number of aryl methyl sites for hydroxylation is 1. The molecule has 0 bridgehead atoms. The van der Waals surface area contributed by atoms with Gasteiger partial charge in [-0.25, -0.2) is 0 Å². The molecule has 2 heterocycles. The number of amides is 1. The van der Waals surface area contributed by atoms with Crippen molar-refractivity contribution >= 4 is 17.3 Å². The van der Waals surface area contributed by atoms with E-state index in [4.69, 9.17) is 13.9 Å². The number of rotatable bonds is 9. The highest BCUT2D eigenvalue weighted by Crippen LogP contribution is 2.32. The Balaban J connectivity index is 1.45. The second-order valence-corrected chi connectivity index (χ2v) is 9.06. The number of carbonyl (C=O) groups is 1. The molecule has 2 aromatic heterocycles. The fourth-order valence-electron chi connectivity index (χ4n) is 4.02. The van der Waals surface area contributed by atoms with E-state index in [1.807, 2.05) is 32.0 Å². The molecule has 1 amide bonds. The number of carbonyl (C=O) groups excluding carboxylic acids is 1. The molecule has 5 aromatic rings. The first-order valence-electron chi connectivity index (χ1n) is 12.6. The van der Waals surface area contributed by atoms with Gasteiger partial charge in [0.15, 0.2) is 11.4 Å². The second-order valence-electron chi connectivity index (χ2n) is 9.06. The minimum atomic E-state index is -0.409. The first-order chi connectivity index (χ1) is 19.4. The van der Waals surface area contributed by atoms with Gasteiger partial charge < -0.3 is 24.5 Å². The Morgan fingerprint density at radius 2 is 1.73 bits per heavy atom. The van der Waals surface area contributed by atoms with E-state index in [1.165, 1.54) is 10.9 Å². The first kappa shape index (κ1) is 26.3. The summed E-state index contributed by atoms with van der Waals surface area (Å²) in [5.74, 6) is 1.97. The summed E-state index contributed by atoms with van der Waals surface area (Å²) in [6.45, 7) is 4.24. The normalized spacial score (nSPS) is 10.7. The quantitative estimate of drug-likeness (QED) is 0.241. The lowest BCUT2D eigenvalue weighted by molar-refractivity contribution is 0.0948. The van der Waals surface area contributed by atoms with Gasteiger partial charge in [0, 0.05) is 11.3 Å². The highest BCUT2D eigenvalue weighted by molar-refractivity contribution is 5.94. The number of hydrogen-bond donors (Lipinski definition) is 2. The van der Waals surface area contributed by atoms with Crippen LogP contribution in [0.5, 0.6) is 17.2 Å². The van der Waals surface area contributed by atoms with Gasteiger partial charge in [-0.1, -0.05) is 12.1 Å². The molecule has 0 aliphatic heterocycles. The van der Waals surface area contributed by atoms with E-state index < -0.39 is 5.56 Å². The molecule has 0 aliphatic carbocycles. The van der Waals surface area contributed by atoms with Crippen LogP contribution in [0.1, 0.15) is 27.2 Å². The number of hydrogen-bond acceptors (Lipinski definition) is 7. The molecule has 40 heavy (non-hydrogen) atoms. The van der Waals surface area contributed by atoms with Crippen LogP contribution in [0.4, 0.5) is 11.4 Å². The van der Waals surface area contributed by atoms with Crippen LogP contribution in [0, 0.1) is 13.8 Å². The maximum absolute atomic E-state index is 13.7. The summed E-state index contributed by atoms with van der Waals surface area (Å²) < 4.78 is 18.0. The van der Waals surface area contributed by atoms with Crippen molar-refractivity contribution in [2.75, 3.05) is 12.4 Å². The Hall–Kier alpha value is -5.31. The minimum absolute atomic E-state index is 0.196. The Labute approximate surface area is 231 Å². The molecule has 9 heteroatoms. The third-order valence-corrected chi connectivity index (χ3v) is 6.45. The van der Waals surface area contributed by atoms with Crippen LogP contribution in [0.25, 0.3) is 5.69 Å². The van der Waals surface area contributed by atoms with Crippen LogP contribution in [0.15, 0.2) is 101 Å². The third kappa shape index (κ3) is 5.73. The van der Waals surface area contributed by atoms with E-state index in [0.29, 0.717) is 34.2 Å². The summed E-state index contributed by atoms with van der Waals surface area (Å²) in [6, 6.07) is 23.1. The van der Waals surface area contributed by atoms with E-state index in [1.54, 1.807) is 74.0 Å². The fraction of sp³-hybridized carbons (Fsp3) is 0.129. The summed E-state index contributed by atoms with van der Waals surface area (Å²) in [5, 5.41) is 10.4. The lowest BCUT2D eigenvalue weighted by Crippen LogP contribution is -2.24. The van der Waals surface area contributed by atoms with Crippen LogP contribution in [0.2, 0.25) is 0 Å². The Bertz CT molecular complexity index is 1680. The molecule has 0 unspecified atom stereocenters. The van der Waals surface area contributed by atoms with E-state index in [9.17, 15) is 9.59 Å². The highest BCUT2D eigenvalue weighted by Gasteiger charge is 2.17. The topological polar surface area (TPSA) is 108 Å². The number of benzene rings is 3. The lowest BCUT2D eigenvalue weighted by Gasteiger charge is -2.16. The number of anilines is 2. The van der Waals surface area contributed by atoms with Crippen molar-refractivity contribution in [2.24, 2.45) is 0 Å². The van der Waals surface area contributed by atoms with Crippen LogP contribution >= 0.6 is 0 Å². The molecule has 0 atom stereocenters. The molecule has 0 fully saturated rings. The van der Waals surface area contributed by atoms with Crippen molar-refractivity contribution in [3.05, 3.63) is 124 Å². The zero-order chi connectivity index (χ0) is 28.1. The number of ether oxygens (including phenoxy) is 2. The van der Waals surface area contributed by atoms with Gasteiger partial charge in [0.1, 0.15) is 17.3 Å². The Kier molecular flexibility index (Phi) is 7.63. The number of nitrogens with zero attached hydrogens (tertiary/aromatic N) is 2. The summed E-state index contributed by atoms with van der Waals surface area (Å²) in [6.07, 6.45) is 3.06. The van der Waals surface area contributed by atoms with Crippen molar-refractivity contribution in [1.29, 1.82) is 0 Å². The second kappa shape index (κ2) is 11.6. The van der Waals surface area contributed by atoms with E-state index in [-0.39, 0.29) is 23.9 Å². The summed E-state index contributed by atoms with van der Waals surface area (Å²) in [4.78, 5) is 26.3. The summed E-state index contributed by atoms with van der Waals surface area (Å²) >= 11 is 0. The van der Waals surface area contributed by atoms with Crippen molar-refractivity contribution < 1.29 is 18.7 Å². The SMILES string of the molecule is COc1ccc(-n2ncc(Oc3cccc(C)c3C)c(Nc3ccc(C(=O)NCc4ccco4)cc3)c2=O)cc1. The van der Waals surface area contributed by atoms with Gasteiger partial charge in [-0.15, -0.1) is 0 Å². The molecule has 0 aliphatic rings. The number of furan rings is 1. The molecule has 0 radical (unpaired) electrons. The molecule has 3 aromatic carbocycles. The molecule has 0 saturated carbocycles. The third-order valence-electron chi connectivity index (χ3n) is 6.45. The van der Waals surface area contributed by atoms with E-state index in [0.717, 1.165) is 11.1 Å². The summed E-state index contributed by atoms with van der Waals surface area (Å²) in [5.41, 5.74) is 3.43. The van der Waals surface area contributed by atoms with Gasteiger partial charge in [-0.3, -0.25) is 9.59 Å². The monoisotopic (exact) mass is 536 g/mol. The number of nitrogens with one attached hydrogen (secondary N) is 2. The van der Waals surface area contributed by atoms with Crippen molar-refractivity contribution in [3.63, 3.8) is 0 Å². The van der Waals surface area contributed by atoms with Gasteiger partial charge in [-0.05, 0) is 91.7 Å². The molecular weight excluding hydrogens is 508 g/mol. The standard InChI is InChI=1S/C31H28N4O5/c1-20-6-4-8-27(21(20)2)40-28-19-33-35(24-13-15-25(38-3)16-14-24)31(37)29(28)34-23-11-9-22(10-12-23)30(36)32-18-26-7-5-17-39-26/h4-17,19,34H,18H2,1-3H3,(H,32,36). The predicted octanol–water partition coefficient (Wildman–Crippen LogP) is 5.92. The molecular formula is C31H28N4O5. The highest BCUT2D eigenvalue weighted by atomic mass is 16.5. The van der Waals surface area contributed by atoms with Gasteiger partial charge in [-0.2, -0.15) is 9.78 Å². The van der Waals surface area contributed by atoms with Gasteiger partial charge in [0.2, 0.25) is 0 Å². The maximum atomic E-state index is 13.7. The maximum Gasteiger partial charge on any atom is 0.299 e. The van der Waals surface area contributed by atoms with Gasteiger partial charge >= 0.3 is 0 Å². The fourth-order valence-corrected chi connectivity index (χ4v) is 4.02. The minimum Gasteiger partial charge on any atom is -0.497 e. The van der Waals surface area contributed by atoms with Crippen molar-refractivity contribution in [3.8, 4) is 22.9 Å². The lowest BCUT2D eigenvalue weighted by atomic mass is 10.1. The first-order valence-corrected chi connectivity index (χ1v) is 12.6. The Morgan fingerprint density at radius 1 is 0.950 bits per heavy atom. The molecule has 5 rings (SSSR count). The average Bonchev–Trinajstić information content (AvgIpc) is 3.50. The van der Waals surface area contributed by atoms with Crippen LogP contribution in [0.3, 0.4) is 0 Å². The molecule has 2 N–H and O–H groups in total. The van der Waals surface area contributed by atoms with Gasteiger partial charge in [0.05, 0.1) is 31.8 Å². The zero-order valence-corrected chi connectivity index (χ0v) is 22.3. The van der Waals surface area contributed by atoms with E-state index in [2.05, 4.69) is 15.7 Å². The Morgan fingerprint density at radius 3 is 2.42 bits per heavy atom. The molecule has 0 spiro atoms. The number of methoxy groups -OCH3 is 1. The van der Waals surface area contributed by atoms with Gasteiger partial charge in [0.25, 0.3) is 11.5 Å². The van der Waals surface area contributed by atoms with Crippen LogP contribution in [-0.4, -0.2) is 22.8 Å². The molecule has 0 saturated heterocycles. The number of aromatic nitrogens is 2. The van der Waals surface area contributed by atoms with Crippen LogP contribution < -0.4 is 25.7 Å². The average molecular weight is 537 g/mol. The van der Waals surface area contributed by atoms with Crippen LogP contribution in [-0.2, 0) is 6.54 Å². The molecule has 9 nitrogen and oxygen atoms in total. The smallest absolute Gasteiger partial charge is 0.299 e.